The first-order chi connectivity index (χ1) is 9.26. The molecule has 0 fully saturated rings. The van der Waals surface area contributed by atoms with Gasteiger partial charge in [0, 0.05) is 22.4 Å². The molecule has 96 valence electrons. The van der Waals surface area contributed by atoms with Gasteiger partial charge in [0.05, 0.1) is 24.2 Å². The zero-order valence-corrected chi connectivity index (χ0v) is 12.2. The van der Waals surface area contributed by atoms with E-state index in [0.29, 0.717) is 0 Å². The Hall–Kier alpha value is -1.81. The van der Waals surface area contributed by atoms with Gasteiger partial charge in [0.25, 0.3) is 0 Å². The maximum absolute atomic E-state index is 5.50. The van der Waals surface area contributed by atoms with Crippen molar-refractivity contribution in [2.45, 2.75) is 0 Å². The van der Waals surface area contributed by atoms with Crippen LogP contribution in [0.15, 0.2) is 41.0 Å². The summed E-state index contributed by atoms with van der Waals surface area (Å²) in [7, 11) is 3.32. The summed E-state index contributed by atoms with van der Waals surface area (Å²) in [5.74, 6) is 1.58. The molecule has 0 bridgehead atoms. The Balaban J connectivity index is 2.57. The van der Waals surface area contributed by atoms with Gasteiger partial charge in [-0.05, 0) is 28.1 Å². The molecule has 19 heavy (non-hydrogen) atoms. The summed E-state index contributed by atoms with van der Waals surface area (Å²) < 4.78 is 11.8. The van der Waals surface area contributed by atoms with Crippen LogP contribution in [0.5, 0.6) is 11.5 Å². The Labute approximate surface area is 119 Å². The van der Waals surface area contributed by atoms with E-state index in [-0.39, 0.29) is 0 Å². The molecule has 0 aliphatic carbocycles. The van der Waals surface area contributed by atoms with Crippen molar-refractivity contribution in [1.29, 1.82) is 0 Å². The van der Waals surface area contributed by atoms with Gasteiger partial charge in [-0.15, -0.1) is 0 Å². The molecule has 0 radical (unpaired) electrons. The summed E-state index contributed by atoms with van der Waals surface area (Å²) >= 11 is 3.50. The maximum Gasteiger partial charge on any atom is 0.142 e. The minimum absolute atomic E-state index is 0.772. The van der Waals surface area contributed by atoms with E-state index in [0.717, 1.165) is 37.6 Å². The highest BCUT2D eigenvalue weighted by atomic mass is 79.9. The van der Waals surface area contributed by atoms with Gasteiger partial charge < -0.3 is 9.47 Å². The van der Waals surface area contributed by atoms with Crippen molar-refractivity contribution < 1.29 is 9.47 Å². The Bertz CT molecular complexity index is 771. The van der Waals surface area contributed by atoms with Crippen LogP contribution >= 0.6 is 15.9 Å². The highest BCUT2D eigenvalue weighted by Crippen LogP contribution is 2.41. The molecule has 4 heteroatoms. The lowest BCUT2D eigenvalue weighted by atomic mass is 10.1. The van der Waals surface area contributed by atoms with Crippen molar-refractivity contribution in [1.82, 2.24) is 4.98 Å². The normalized spacial score (nSPS) is 10.9. The third kappa shape index (κ3) is 1.83. The summed E-state index contributed by atoms with van der Waals surface area (Å²) in [5.41, 5.74) is 0.942. The molecule has 3 aromatic rings. The third-order valence-electron chi connectivity index (χ3n) is 3.17. The van der Waals surface area contributed by atoms with Crippen molar-refractivity contribution in [2.24, 2.45) is 0 Å². The lowest BCUT2D eigenvalue weighted by Crippen LogP contribution is -1.93. The molecule has 2 aromatic carbocycles. The smallest absolute Gasteiger partial charge is 0.142 e. The van der Waals surface area contributed by atoms with Crippen LogP contribution in [0, 0.1) is 0 Å². The number of methoxy groups -OCH3 is 2. The molecule has 0 unspecified atom stereocenters. The Morgan fingerprint density at radius 1 is 1.05 bits per heavy atom. The topological polar surface area (TPSA) is 31.4 Å². The van der Waals surface area contributed by atoms with Gasteiger partial charge in [0.1, 0.15) is 11.5 Å². The number of hydrogen-bond acceptors (Lipinski definition) is 3. The predicted molar refractivity (Wildman–Crippen MR) is 80.1 cm³/mol. The summed E-state index contributed by atoms with van der Waals surface area (Å²) in [4.78, 5) is 4.48. The highest BCUT2D eigenvalue weighted by Gasteiger charge is 2.14. The number of hydrogen-bond donors (Lipinski definition) is 0. The summed E-state index contributed by atoms with van der Waals surface area (Å²) in [6, 6.07) is 9.93. The van der Waals surface area contributed by atoms with Crippen molar-refractivity contribution in [3.63, 3.8) is 0 Å². The first-order valence-corrected chi connectivity index (χ1v) is 6.63. The van der Waals surface area contributed by atoms with E-state index in [1.54, 1.807) is 14.2 Å². The molecule has 3 rings (SSSR count). The molecule has 0 amide bonds. The Morgan fingerprint density at radius 3 is 2.58 bits per heavy atom. The first-order valence-electron chi connectivity index (χ1n) is 5.84. The van der Waals surface area contributed by atoms with E-state index in [4.69, 9.17) is 9.47 Å². The first kappa shape index (κ1) is 12.2. The zero-order valence-electron chi connectivity index (χ0n) is 10.6. The fraction of sp³-hybridized carbons (Fsp3) is 0.133. The Kier molecular flexibility index (Phi) is 3.03. The average molecular weight is 318 g/mol. The van der Waals surface area contributed by atoms with E-state index >= 15 is 0 Å². The second kappa shape index (κ2) is 4.70. The molecule has 0 aliphatic rings. The van der Waals surface area contributed by atoms with Crippen LogP contribution in [0.2, 0.25) is 0 Å². The maximum atomic E-state index is 5.50. The van der Waals surface area contributed by atoms with Gasteiger partial charge in [-0.25, -0.2) is 0 Å². The molecule has 0 N–H and O–H groups in total. The molecule has 1 heterocycles. The van der Waals surface area contributed by atoms with E-state index in [1.807, 2.05) is 36.5 Å². The Morgan fingerprint density at radius 2 is 1.84 bits per heavy atom. The number of nitrogens with zero attached hydrogens (tertiary/aromatic N) is 1. The lowest BCUT2D eigenvalue weighted by Gasteiger charge is -2.13. The monoisotopic (exact) mass is 317 g/mol. The summed E-state index contributed by atoms with van der Waals surface area (Å²) in [6.45, 7) is 0. The summed E-state index contributed by atoms with van der Waals surface area (Å²) in [6.07, 6.45) is 1.82. The van der Waals surface area contributed by atoms with Gasteiger partial charge in [-0.3, -0.25) is 4.98 Å². The van der Waals surface area contributed by atoms with Crippen LogP contribution < -0.4 is 9.47 Å². The van der Waals surface area contributed by atoms with Crippen LogP contribution in [0.25, 0.3) is 21.7 Å². The van der Waals surface area contributed by atoms with Gasteiger partial charge in [0.2, 0.25) is 0 Å². The lowest BCUT2D eigenvalue weighted by molar-refractivity contribution is 0.408. The molecule has 0 saturated carbocycles. The molecule has 0 aliphatic heterocycles. The molecule has 1 aromatic heterocycles. The molecular weight excluding hydrogens is 306 g/mol. The number of pyridine rings is 1. The van der Waals surface area contributed by atoms with Crippen LogP contribution in [-0.2, 0) is 0 Å². The van der Waals surface area contributed by atoms with Gasteiger partial charge in [0.15, 0.2) is 0 Å². The SMILES string of the molecule is COc1c(Br)cc(OC)c2c1cnc1ccccc12. The molecule has 0 atom stereocenters. The van der Waals surface area contributed by atoms with Crippen molar-refractivity contribution in [2.75, 3.05) is 14.2 Å². The number of benzene rings is 2. The van der Waals surface area contributed by atoms with E-state index in [1.165, 1.54) is 0 Å². The van der Waals surface area contributed by atoms with Crippen molar-refractivity contribution in [3.05, 3.63) is 41.0 Å². The quantitative estimate of drug-likeness (QED) is 0.665. The van der Waals surface area contributed by atoms with Crippen LogP contribution in [0.1, 0.15) is 0 Å². The molecule has 0 saturated heterocycles. The minimum atomic E-state index is 0.772. The number of fused-ring (bicyclic) bond motifs is 3. The number of rotatable bonds is 2. The van der Waals surface area contributed by atoms with Crippen LogP contribution in [0.4, 0.5) is 0 Å². The number of ether oxygens (including phenoxy) is 2. The van der Waals surface area contributed by atoms with Crippen LogP contribution in [-0.4, -0.2) is 19.2 Å². The van der Waals surface area contributed by atoms with Gasteiger partial charge in [-0.1, -0.05) is 18.2 Å². The molecular formula is C15H12BrNO2. The summed E-state index contributed by atoms with van der Waals surface area (Å²) in [5, 5.41) is 3.02. The fourth-order valence-corrected chi connectivity index (χ4v) is 2.91. The number of para-hydroxylation sites is 1. The fourth-order valence-electron chi connectivity index (χ4n) is 2.33. The van der Waals surface area contributed by atoms with E-state index in [2.05, 4.69) is 20.9 Å². The second-order valence-corrected chi connectivity index (χ2v) is 5.01. The predicted octanol–water partition coefficient (Wildman–Crippen LogP) is 4.17. The van der Waals surface area contributed by atoms with Gasteiger partial charge >= 0.3 is 0 Å². The van der Waals surface area contributed by atoms with Crippen LogP contribution in [0.3, 0.4) is 0 Å². The third-order valence-corrected chi connectivity index (χ3v) is 3.75. The number of halogens is 1. The van der Waals surface area contributed by atoms with E-state index in [9.17, 15) is 0 Å². The largest absolute Gasteiger partial charge is 0.496 e. The standard InChI is InChI=1S/C15H12BrNO2/c1-18-13-7-11(16)15(19-2)10-8-17-12-6-4-3-5-9(12)14(10)13/h3-8H,1-2H3. The van der Waals surface area contributed by atoms with Gasteiger partial charge in [-0.2, -0.15) is 0 Å². The second-order valence-electron chi connectivity index (χ2n) is 4.16. The van der Waals surface area contributed by atoms with Crippen molar-refractivity contribution >= 4 is 37.6 Å². The highest BCUT2D eigenvalue weighted by molar-refractivity contribution is 9.10. The minimum Gasteiger partial charge on any atom is -0.496 e. The molecule has 3 nitrogen and oxygen atoms in total. The molecule has 0 spiro atoms. The number of aromatic nitrogens is 1. The zero-order chi connectivity index (χ0) is 13.4. The average Bonchev–Trinajstić information content (AvgIpc) is 2.45. The van der Waals surface area contributed by atoms with Crippen molar-refractivity contribution in [3.8, 4) is 11.5 Å². The van der Waals surface area contributed by atoms with E-state index < -0.39 is 0 Å².